The topological polar surface area (TPSA) is 55.9 Å². The van der Waals surface area contributed by atoms with Crippen LogP contribution in [0.15, 0.2) is 67.0 Å². The molecule has 0 bridgehead atoms. The lowest BCUT2D eigenvalue weighted by molar-refractivity contribution is 0.281. The van der Waals surface area contributed by atoms with Gasteiger partial charge in [-0.05, 0) is 58.0 Å². The molecular weight excluding hydrogens is 348 g/mol. The predicted octanol–water partition coefficient (Wildman–Crippen LogP) is 4.47. The lowest BCUT2D eigenvalue weighted by atomic mass is 10.2. The molecule has 2 aromatic carbocycles. The summed E-state index contributed by atoms with van der Waals surface area (Å²) in [5.74, 6) is 0. The molecule has 0 aliphatic rings. The summed E-state index contributed by atoms with van der Waals surface area (Å²) in [6, 6.07) is 18.4. The highest BCUT2D eigenvalue weighted by atomic mass is 16.3. The van der Waals surface area contributed by atoms with Crippen LogP contribution >= 0.6 is 0 Å². The third-order valence-electron chi connectivity index (χ3n) is 4.49. The van der Waals surface area contributed by atoms with E-state index in [0.29, 0.717) is 0 Å². The first-order valence-corrected chi connectivity index (χ1v) is 9.28. The quantitative estimate of drug-likeness (QED) is 0.576. The van der Waals surface area contributed by atoms with Crippen LogP contribution in [0.2, 0.25) is 0 Å². The summed E-state index contributed by atoms with van der Waals surface area (Å²) in [4.78, 5) is 0. The van der Waals surface area contributed by atoms with E-state index in [-0.39, 0.29) is 6.61 Å². The van der Waals surface area contributed by atoms with Crippen molar-refractivity contribution >= 4 is 0 Å². The first kappa shape index (κ1) is 19.6. The van der Waals surface area contributed by atoms with Crippen molar-refractivity contribution in [1.82, 2.24) is 19.6 Å². The van der Waals surface area contributed by atoms with Gasteiger partial charge in [0, 0.05) is 18.0 Å². The van der Waals surface area contributed by atoms with Gasteiger partial charge in [0.15, 0.2) is 0 Å². The molecule has 4 rings (SSSR count). The van der Waals surface area contributed by atoms with Crippen molar-refractivity contribution in [3.05, 3.63) is 95.1 Å². The van der Waals surface area contributed by atoms with E-state index >= 15 is 0 Å². The summed E-state index contributed by atoms with van der Waals surface area (Å²) in [6.07, 6.45) is 3.83. The summed E-state index contributed by atoms with van der Waals surface area (Å²) in [7, 11) is 0. The zero-order valence-electron chi connectivity index (χ0n) is 16.8. The Bertz CT molecular complexity index is 1030. The Morgan fingerprint density at radius 3 is 1.68 bits per heavy atom. The highest BCUT2D eigenvalue weighted by molar-refractivity contribution is 5.35. The largest absolute Gasteiger partial charge is 0.392 e. The number of rotatable bonds is 3. The molecule has 0 aliphatic carbocycles. The fourth-order valence-electron chi connectivity index (χ4n) is 2.74. The average molecular weight is 374 g/mol. The van der Waals surface area contributed by atoms with Crippen molar-refractivity contribution in [2.24, 2.45) is 0 Å². The number of aromatic nitrogens is 4. The highest BCUT2D eigenvalue weighted by Crippen LogP contribution is 2.12. The van der Waals surface area contributed by atoms with Gasteiger partial charge >= 0.3 is 0 Å². The molecule has 0 fully saturated rings. The summed E-state index contributed by atoms with van der Waals surface area (Å²) in [6.45, 7) is 8.06. The van der Waals surface area contributed by atoms with Crippen LogP contribution < -0.4 is 0 Å². The zero-order chi connectivity index (χ0) is 20.1. The van der Waals surface area contributed by atoms with E-state index in [1.165, 1.54) is 11.1 Å². The molecule has 1 N–H and O–H groups in total. The van der Waals surface area contributed by atoms with Crippen LogP contribution in [0.3, 0.4) is 0 Å². The number of nitrogens with zero attached hydrogens (tertiary/aromatic N) is 4. The molecule has 5 nitrogen and oxygen atoms in total. The smallest absolute Gasteiger partial charge is 0.0715 e. The van der Waals surface area contributed by atoms with Gasteiger partial charge in [-0.1, -0.05) is 35.4 Å². The lowest BCUT2D eigenvalue weighted by Gasteiger charge is -2.00. The van der Waals surface area contributed by atoms with Crippen LogP contribution in [0.4, 0.5) is 0 Å². The second-order valence-electron chi connectivity index (χ2n) is 6.92. The Hall–Kier alpha value is -3.18. The molecule has 0 saturated heterocycles. The minimum Gasteiger partial charge on any atom is -0.392 e. The number of benzene rings is 2. The molecule has 0 aliphatic heterocycles. The number of hydrogen-bond acceptors (Lipinski definition) is 3. The van der Waals surface area contributed by atoms with E-state index in [4.69, 9.17) is 5.11 Å². The summed E-state index contributed by atoms with van der Waals surface area (Å²) in [5.41, 5.74) is 7.41. The molecule has 0 unspecified atom stereocenters. The second-order valence-corrected chi connectivity index (χ2v) is 6.92. The number of aliphatic hydroxyl groups is 1. The SMILES string of the molecule is Cc1ccc(-n2cc(CO)c(C)n2)cc1.Cc1ccc(-n2ccc(C)n2)cc1. The fraction of sp³-hybridized carbons (Fsp3) is 0.217. The molecule has 2 heterocycles. The van der Waals surface area contributed by atoms with Gasteiger partial charge in [-0.15, -0.1) is 0 Å². The Morgan fingerprint density at radius 2 is 1.25 bits per heavy atom. The first-order chi connectivity index (χ1) is 13.5. The van der Waals surface area contributed by atoms with Gasteiger partial charge in [-0.3, -0.25) is 0 Å². The van der Waals surface area contributed by atoms with Crippen molar-refractivity contribution < 1.29 is 5.11 Å². The van der Waals surface area contributed by atoms with Gasteiger partial charge in [-0.2, -0.15) is 10.2 Å². The standard InChI is InChI=1S/C12H14N2O.C11H12N2/c1-9-3-5-12(6-4-9)14-7-11(8-15)10(2)13-14;1-9-3-5-11(6-4-9)13-8-7-10(2)12-13/h3-7,15H,8H2,1-2H3;3-8H,1-2H3. The summed E-state index contributed by atoms with van der Waals surface area (Å²) < 4.78 is 3.68. The minimum atomic E-state index is 0.0394. The normalized spacial score (nSPS) is 10.5. The second kappa shape index (κ2) is 8.67. The van der Waals surface area contributed by atoms with Crippen LogP contribution in [0.5, 0.6) is 0 Å². The Balaban J connectivity index is 0.000000162. The fourth-order valence-corrected chi connectivity index (χ4v) is 2.74. The third kappa shape index (κ3) is 4.75. The van der Waals surface area contributed by atoms with Gasteiger partial charge in [0.25, 0.3) is 0 Å². The van der Waals surface area contributed by atoms with Crippen molar-refractivity contribution in [3.8, 4) is 11.4 Å². The number of aryl methyl sites for hydroxylation is 4. The molecule has 0 spiro atoms. The van der Waals surface area contributed by atoms with Crippen LogP contribution in [-0.4, -0.2) is 24.7 Å². The van der Waals surface area contributed by atoms with E-state index < -0.39 is 0 Å². The molecule has 5 heteroatoms. The first-order valence-electron chi connectivity index (χ1n) is 9.28. The molecule has 2 aromatic heterocycles. The monoisotopic (exact) mass is 374 g/mol. The Morgan fingerprint density at radius 1 is 0.714 bits per heavy atom. The summed E-state index contributed by atoms with van der Waals surface area (Å²) in [5, 5.41) is 17.7. The van der Waals surface area contributed by atoms with E-state index in [1.807, 2.05) is 61.3 Å². The zero-order valence-corrected chi connectivity index (χ0v) is 16.8. The highest BCUT2D eigenvalue weighted by Gasteiger charge is 2.04. The van der Waals surface area contributed by atoms with E-state index in [0.717, 1.165) is 28.3 Å². The maximum atomic E-state index is 9.07. The molecule has 4 aromatic rings. The molecular formula is C23H26N4O. The van der Waals surface area contributed by atoms with Gasteiger partial charge < -0.3 is 5.11 Å². The van der Waals surface area contributed by atoms with Gasteiger partial charge in [0.1, 0.15) is 0 Å². The molecule has 0 radical (unpaired) electrons. The van der Waals surface area contributed by atoms with Gasteiger partial charge in [0.2, 0.25) is 0 Å². The molecule has 28 heavy (non-hydrogen) atoms. The van der Waals surface area contributed by atoms with Crippen molar-refractivity contribution in [3.63, 3.8) is 0 Å². The molecule has 0 atom stereocenters. The van der Waals surface area contributed by atoms with E-state index in [2.05, 4.69) is 48.3 Å². The maximum Gasteiger partial charge on any atom is 0.0715 e. The molecule has 0 amide bonds. The van der Waals surface area contributed by atoms with Crippen LogP contribution in [0, 0.1) is 27.7 Å². The van der Waals surface area contributed by atoms with Gasteiger partial charge in [-0.25, -0.2) is 9.36 Å². The number of aliphatic hydroxyl groups excluding tert-OH is 1. The molecule has 144 valence electrons. The van der Waals surface area contributed by atoms with Crippen molar-refractivity contribution in [2.75, 3.05) is 0 Å². The van der Waals surface area contributed by atoms with E-state index in [9.17, 15) is 0 Å². The number of hydrogen-bond donors (Lipinski definition) is 1. The van der Waals surface area contributed by atoms with Crippen LogP contribution in [0.1, 0.15) is 28.1 Å². The molecule has 0 saturated carbocycles. The Labute approximate surface area is 165 Å². The predicted molar refractivity (Wildman–Crippen MR) is 112 cm³/mol. The van der Waals surface area contributed by atoms with Crippen LogP contribution in [0.25, 0.3) is 11.4 Å². The third-order valence-corrected chi connectivity index (χ3v) is 4.49. The Kier molecular flexibility index (Phi) is 6.06. The van der Waals surface area contributed by atoms with Gasteiger partial charge in [0.05, 0.1) is 29.4 Å². The van der Waals surface area contributed by atoms with Crippen molar-refractivity contribution in [2.45, 2.75) is 34.3 Å². The summed E-state index contributed by atoms with van der Waals surface area (Å²) >= 11 is 0. The van der Waals surface area contributed by atoms with Crippen LogP contribution in [-0.2, 0) is 6.61 Å². The minimum absolute atomic E-state index is 0.0394. The lowest BCUT2D eigenvalue weighted by Crippen LogP contribution is -1.94. The van der Waals surface area contributed by atoms with E-state index in [1.54, 1.807) is 4.68 Å². The maximum absolute atomic E-state index is 9.07. The average Bonchev–Trinajstić information content (AvgIpc) is 3.29. The van der Waals surface area contributed by atoms with Crippen molar-refractivity contribution in [1.29, 1.82) is 0 Å².